The highest BCUT2D eigenvalue weighted by Crippen LogP contribution is 2.30. The highest BCUT2D eigenvalue weighted by atomic mass is 16.5. The molecule has 0 aliphatic heterocycles. The van der Waals surface area contributed by atoms with Gasteiger partial charge in [0, 0.05) is 6.61 Å². The molecule has 1 fully saturated rings. The van der Waals surface area contributed by atoms with E-state index in [9.17, 15) is 4.79 Å². The molecule has 1 aromatic carbocycles. The van der Waals surface area contributed by atoms with E-state index < -0.39 is 5.54 Å². The zero-order valence-electron chi connectivity index (χ0n) is 12.9. The van der Waals surface area contributed by atoms with E-state index >= 15 is 0 Å². The lowest BCUT2D eigenvalue weighted by molar-refractivity contribution is -0.155. The third-order valence-electron chi connectivity index (χ3n) is 3.74. The fourth-order valence-corrected chi connectivity index (χ4v) is 2.43. The fourth-order valence-electron chi connectivity index (χ4n) is 2.43. The number of benzene rings is 1. The van der Waals surface area contributed by atoms with Crippen LogP contribution in [0.2, 0.25) is 0 Å². The topological polar surface area (TPSA) is 47.6 Å². The summed E-state index contributed by atoms with van der Waals surface area (Å²) >= 11 is 0. The molecule has 1 aliphatic carbocycles. The number of nitrogens with one attached hydrogen (secondary N) is 1. The minimum Gasteiger partial charge on any atom is -0.464 e. The Morgan fingerprint density at radius 3 is 2.57 bits per heavy atom. The molecule has 1 atom stereocenters. The summed E-state index contributed by atoms with van der Waals surface area (Å²) in [6.07, 6.45) is 2.47. The Kier molecular flexibility index (Phi) is 5.76. The molecule has 0 heterocycles. The van der Waals surface area contributed by atoms with Crippen molar-refractivity contribution in [3.63, 3.8) is 0 Å². The summed E-state index contributed by atoms with van der Waals surface area (Å²) in [5.74, 6) is 0.399. The summed E-state index contributed by atoms with van der Waals surface area (Å²) in [6, 6.07) is 9.69. The molecule has 1 aromatic rings. The van der Waals surface area contributed by atoms with Gasteiger partial charge in [-0.15, -0.1) is 0 Å². The van der Waals surface area contributed by atoms with E-state index in [1.54, 1.807) is 0 Å². The molecule has 0 saturated heterocycles. The minimum atomic E-state index is -0.916. The summed E-state index contributed by atoms with van der Waals surface area (Å²) in [5.41, 5.74) is -0.0259. The van der Waals surface area contributed by atoms with E-state index in [0.29, 0.717) is 25.7 Å². The van der Waals surface area contributed by atoms with Crippen LogP contribution in [-0.4, -0.2) is 32.3 Å². The van der Waals surface area contributed by atoms with Crippen LogP contribution in [0.1, 0.15) is 32.3 Å². The third kappa shape index (κ3) is 4.05. The molecule has 21 heavy (non-hydrogen) atoms. The average molecular weight is 291 g/mol. The molecule has 1 N–H and O–H groups in total. The lowest BCUT2D eigenvalue weighted by Crippen LogP contribution is -2.53. The number of likely N-dealkylation sites (N-methyl/N-ethyl adjacent to an activating group) is 1. The van der Waals surface area contributed by atoms with Gasteiger partial charge in [0.1, 0.15) is 0 Å². The second-order valence-corrected chi connectivity index (χ2v) is 5.48. The maximum absolute atomic E-state index is 12.6. The van der Waals surface area contributed by atoms with Gasteiger partial charge < -0.3 is 9.47 Å². The molecular formula is C17H25NO3. The van der Waals surface area contributed by atoms with Crippen LogP contribution >= 0.6 is 0 Å². The quantitative estimate of drug-likeness (QED) is 0.710. The molecule has 0 aromatic heterocycles. The first-order valence-corrected chi connectivity index (χ1v) is 7.78. The van der Waals surface area contributed by atoms with Gasteiger partial charge in [-0.1, -0.05) is 37.3 Å². The van der Waals surface area contributed by atoms with Crippen LogP contribution in [0.3, 0.4) is 0 Å². The summed E-state index contributed by atoms with van der Waals surface area (Å²) < 4.78 is 11.1. The minimum absolute atomic E-state index is 0.270. The molecule has 4 nitrogen and oxygen atoms in total. The van der Waals surface area contributed by atoms with Gasteiger partial charge >= 0.3 is 5.97 Å². The molecule has 2 rings (SSSR count). The van der Waals surface area contributed by atoms with E-state index in [-0.39, 0.29) is 5.97 Å². The van der Waals surface area contributed by atoms with Gasteiger partial charge in [-0.05, 0) is 37.8 Å². The van der Waals surface area contributed by atoms with Crippen LogP contribution in [0.15, 0.2) is 30.3 Å². The smallest absolute Gasteiger partial charge is 0.333 e. The molecule has 0 radical (unpaired) electrons. The van der Waals surface area contributed by atoms with Crippen molar-refractivity contribution >= 4 is 5.97 Å². The van der Waals surface area contributed by atoms with Crippen LogP contribution in [0, 0.1) is 5.92 Å². The van der Waals surface area contributed by atoms with Crippen molar-refractivity contribution in [1.29, 1.82) is 0 Å². The predicted molar refractivity (Wildman–Crippen MR) is 82.0 cm³/mol. The SMILES string of the molecule is CCNC(COCC1CC1)(C(=O)OCC)c1ccccc1. The van der Waals surface area contributed by atoms with Gasteiger partial charge in [0.2, 0.25) is 0 Å². The molecule has 0 amide bonds. The largest absolute Gasteiger partial charge is 0.464 e. The number of hydrogen-bond acceptors (Lipinski definition) is 4. The second-order valence-electron chi connectivity index (χ2n) is 5.48. The highest BCUT2D eigenvalue weighted by molar-refractivity contribution is 5.83. The number of carbonyl (C=O) groups excluding carboxylic acids is 1. The molecular weight excluding hydrogens is 266 g/mol. The van der Waals surface area contributed by atoms with Gasteiger partial charge in [-0.3, -0.25) is 5.32 Å². The Morgan fingerprint density at radius 2 is 2.00 bits per heavy atom. The number of ether oxygens (including phenoxy) is 2. The lowest BCUT2D eigenvalue weighted by Gasteiger charge is -2.32. The Labute approximate surface area is 126 Å². The van der Waals surface area contributed by atoms with E-state index in [2.05, 4.69) is 5.32 Å². The van der Waals surface area contributed by atoms with Crippen LogP contribution in [0.25, 0.3) is 0 Å². The van der Waals surface area contributed by atoms with Gasteiger partial charge in [0.15, 0.2) is 5.54 Å². The van der Waals surface area contributed by atoms with Crippen LogP contribution in [-0.2, 0) is 19.8 Å². The van der Waals surface area contributed by atoms with Crippen LogP contribution < -0.4 is 5.32 Å². The third-order valence-corrected chi connectivity index (χ3v) is 3.74. The second kappa shape index (κ2) is 7.57. The molecule has 0 spiro atoms. The van der Waals surface area contributed by atoms with Crippen LogP contribution in [0.5, 0.6) is 0 Å². The van der Waals surface area contributed by atoms with E-state index in [0.717, 1.165) is 12.2 Å². The van der Waals surface area contributed by atoms with Gasteiger partial charge in [0.25, 0.3) is 0 Å². The van der Waals surface area contributed by atoms with Crippen molar-refractivity contribution in [2.24, 2.45) is 5.92 Å². The summed E-state index contributed by atoms with van der Waals surface area (Å²) in [6.45, 7) is 5.87. The number of hydrogen-bond donors (Lipinski definition) is 1. The molecule has 1 saturated carbocycles. The summed E-state index contributed by atoms with van der Waals surface area (Å²) in [4.78, 5) is 12.6. The Balaban J connectivity index is 2.20. The Hall–Kier alpha value is -1.39. The first kappa shape index (κ1) is 16.0. The van der Waals surface area contributed by atoms with E-state index in [1.807, 2.05) is 44.2 Å². The fraction of sp³-hybridized carbons (Fsp3) is 0.588. The zero-order chi connectivity index (χ0) is 15.1. The van der Waals surface area contributed by atoms with Crippen molar-refractivity contribution in [3.8, 4) is 0 Å². The predicted octanol–water partition coefficient (Wildman–Crippen LogP) is 2.48. The standard InChI is InChI=1S/C17H25NO3/c1-3-18-17(16(19)21-4-2,13-20-12-14-10-11-14)15-8-6-5-7-9-15/h5-9,14,18H,3-4,10-13H2,1-2H3. The number of carbonyl (C=O) groups is 1. The van der Waals surface area contributed by atoms with Crippen LogP contribution in [0.4, 0.5) is 0 Å². The number of rotatable bonds is 9. The van der Waals surface area contributed by atoms with Crippen molar-refractivity contribution in [2.45, 2.75) is 32.2 Å². The highest BCUT2D eigenvalue weighted by Gasteiger charge is 2.42. The average Bonchev–Trinajstić information content (AvgIpc) is 3.31. The van der Waals surface area contributed by atoms with Gasteiger partial charge in [-0.2, -0.15) is 0 Å². The van der Waals surface area contributed by atoms with Crippen molar-refractivity contribution < 1.29 is 14.3 Å². The van der Waals surface area contributed by atoms with Gasteiger partial charge in [0.05, 0.1) is 13.2 Å². The van der Waals surface area contributed by atoms with Gasteiger partial charge in [-0.25, -0.2) is 4.79 Å². The molecule has 0 bridgehead atoms. The summed E-state index contributed by atoms with van der Waals surface area (Å²) in [5, 5.41) is 3.29. The number of esters is 1. The van der Waals surface area contributed by atoms with Crippen molar-refractivity contribution in [1.82, 2.24) is 5.32 Å². The van der Waals surface area contributed by atoms with Crippen molar-refractivity contribution in [2.75, 3.05) is 26.4 Å². The molecule has 1 unspecified atom stereocenters. The lowest BCUT2D eigenvalue weighted by atomic mass is 9.90. The normalized spacial score (nSPS) is 17.2. The van der Waals surface area contributed by atoms with Crippen molar-refractivity contribution in [3.05, 3.63) is 35.9 Å². The maximum atomic E-state index is 12.6. The van der Waals surface area contributed by atoms with E-state index in [4.69, 9.17) is 9.47 Å². The monoisotopic (exact) mass is 291 g/mol. The maximum Gasteiger partial charge on any atom is 0.333 e. The molecule has 4 heteroatoms. The first-order valence-electron chi connectivity index (χ1n) is 7.78. The first-order chi connectivity index (χ1) is 10.2. The summed E-state index contributed by atoms with van der Waals surface area (Å²) in [7, 11) is 0. The molecule has 116 valence electrons. The molecule has 1 aliphatic rings. The Bertz CT molecular complexity index is 445. The Morgan fingerprint density at radius 1 is 1.29 bits per heavy atom. The van der Waals surface area contributed by atoms with E-state index in [1.165, 1.54) is 12.8 Å². The zero-order valence-corrected chi connectivity index (χ0v) is 12.9.